The zero-order valence-corrected chi connectivity index (χ0v) is 18.5. The molecule has 0 saturated heterocycles. The molecule has 4 rings (SSSR count). The zero-order chi connectivity index (χ0) is 23.6. The molecule has 0 radical (unpaired) electrons. The summed E-state index contributed by atoms with van der Waals surface area (Å²) in [6, 6.07) is 33.5. The number of anilines is 2. The van der Waals surface area contributed by atoms with Crippen molar-refractivity contribution in [2.75, 3.05) is 17.2 Å². The molecule has 3 N–H and O–H groups in total. The molecule has 4 aromatic rings. The Balaban J connectivity index is 1.25. The summed E-state index contributed by atoms with van der Waals surface area (Å²) in [7, 11) is 0. The number of ether oxygens (including phenoxy) is 1. The van der Waals surface area contributed by atoms with E-state index in [-0.39, 0.29) is 18.4 Å². The van der Waals surface area contributed by atoms with Crippen LogP contribution in [0.25, 0.3) is 0 Å². The molecule has 0 unspecified atom stereocenters. The van der Waals surface area contributed by atoms with Crippen molar-refractivity contribution in [3.63, 3.8) is 0 Å². The first kappa shape index (κ1) is 22.6. The van der Waals surface area contributed by atoms with E-state index in [1.54, 1.807) is 24.3 Å². The molecule has 0 atom stereocenters. The fourth-order valence-electron chi connectivity index (χ4n) is 3.27. The van der Waals surface area contributed by atoms with Crippen molar-refractivity contribution in [1.82, 2.24) is 5.32 Å². The van der Waals surface area contributed by atoms with Crippen LogP contribution in [0.5, 0.6) is 11.5 Å². The van der Waals surface area contributed by atoms with E-state index in [1.165, 1.54) is 0 Å². The Morgan fingerprint density at radius 2 is 1.35 bits per heavy atom. The number of carbonyl (C=O) groups excluding carboxylic acids is 2. The second kappa shape index (κ2) is 11.3. The maximum absolute atomic E-state index is 12.5. The van der Waals surface area contributed by atoms with Gasteiger partial charge in [0.1, 0.15) is 11.5 Å². The van der Waals surface area contributed by atoms with Gasteiger partial charge in [-0.2, -0.15) is 0 Å². The van der Waals surface area contributed by atoms with E-state index in [1.807, 2.05) is 84.9 Å². The lowest BCUT2D eigenvalue weighted by molar-refractivity contribution is -0.114. The molecule has 34 heavy (non-hydrogen) atoms. The van der Waals surface area contributed by atoms with Crippen LogP contribution in [-0.4, -0.2) is 18.4 Å². The van der Waals surface area contributed by atoms with Crippen LogP contribution in [0.4, 0.5) is 11.4 Å². The van der Waals surface area contributed by atoms with Crippen LogP contribution in [0.3, 0.4) is 0 Å². The lowest BCUT2D eigenvalue weighted by atomic mass is 10.1. The average Bonchev–Trinajstić information content (AvgIpc) is 2.88. The SMILES string of the molecule is O=C(CNc1ccc(Oc2ccccc2)cc1)Nc1cccc(C(=O)NCc2ccccc2)c1. The van der Waals surface area contributed by atoms with E-state index in [4.69, 9.17) is 4.74 Å². The smallest absolute Gasteiger partial charge is 0.251 e. The van der Waals surface area contributed by atoms with E-state index >= 15 is 0 Å². The zero-order valence-electron chi connectivity index (χ0n) is 18.5. The lowest BCUT2D eigenvalue weighted by Crippen LogP contribution is -2.24. The minimum atomic E-state index is -0.216. The lowest BCUT2D eigenvalue weighted by Gasteiger charge is -2.10. The monoisotopic (exact) mass is 451 g/mol. The highest BCUT2D eigenvalue weighted by molar-refractivity contribution is 5.98. The summed E-state index contributed by atoms with van der Waals surface area (Å²) >= 11 is 0. The number of rotatable bonds is 9. The number of nitrogens with one attached hydrogen (secondary N) is 3. The Morgan fingerprint density at radius 1 is 0.676 bits per heavy atom. The summed E-state index contributed by atoms with van der Waals surface area (Å²) in [6.07, 6.45) is 0. The molecule has 6 nitrogen and oxygen atoms in total. The molecular weight excluding hydrogens is 426 g/mol. The third-order valence-corrected chi connectivity index (χ3v) is 4.99. The molecule has 6 heteroatoms. The molecule has 0 heterocycles. The summed E-state index contributed by atoms with van der Waals surface area (Å²) < 4.78 is 5.77. The molecule has 0 bridgehead atoms. The summed E-state index contributed by atoms with van der Waals surface area (Å²) in [5.41, 5.74) is 2.86. The van der Waals surface area contributed by atoms with Crippen LogP contribution < -0.4 is 20.7 Å². The number of para-hydroxylation sites is 1. The highest BCUT2D eigenvalue weighted by Gasteiger charge is 2.08. The van der Waals surface area contributed by atoms with Crippen molar-refractivity contribution >= 4 is 23.2 Å². The minimum Gasteiger partial charge on any atom is -0.457 e. The summed E-state index contributed by atoms with van der Waals surface area (Å²) in [6.45, 7) is 0.526. The molecule has 0 aliphatic heterocycles. The van der Waals surface area contributed by atoms with E-state index in [0.29, 0.717) is 23.5 Å². The third-order valence-electron chi connectivity index (χ3n) is 4.99. The van der Waals surface area contributed by atoms with Crippen LogP contribution in [0.1, 0.15) is 15.9 Å². The molecule has 170 valence electrons. The Kier molecular flexibility index (Phi) is 7.54. The van der Waals surface area contributed by atoms with Crippen LogP contribution in [0.2, 0.25) is 0 Å². The molecule has 2 amide bonds. The fourth-order valence-corrected chi connectivity index (χ4v) is 3.27. The number of benzene rings is 4. The van der Waals surface area contributed by atoms with E-state index in [0.717, 1.165) is 17.0 Å². The van der Waals surface area contributed by atoms with Gasteiger partial charge in [-0.25, -0.2) is 0 Å². The van der Waals surface area contributed by atoms with Crippen molar-refractivity contribution in [3.8, 4) is 11.5 Å². The van der Waals surface area contributed by atoms with Crippen molar-refractivity contribution in [2.24, 2.45) is 0 Å². The van der Waals surface area contributed by atoms with Crippen LogP contribution >= 0.6 is 0 Å². The number of hydrogen-bond acceptors (Lipinski definition) is 4. The van der Waals surface area contributed by atoms with Gasteiger partial charge in [0.25, 0.3) is 5.91 Å². The van der Waals surface area contributed by atoms with Crippen LogP contribution in [-0.2, 0) is 11.3 Å². The molecule has 0 aromatic heterocycles. The molecule has 0 aliphatic carbocycles. The van der Waals surface area contributed by atoms with E-state index in [2.05, 4.69) is 16.0 Å². The van der Waals surface area contributed by atoms with E-state index < -0.39 is 0 Å². The van der Waals surface area contributed by atoms with Crippen LogP contribution in [0, 0.1) is 0 Å². The molecule has 0 fully saturated rings. The minimum absolute atomic E-state index is 0.0866. The van der Waals surface area contributed by atoms with Gasteiger partial charge in [0.05, 0.1) is 6.54 Å². The standard InChI is InChI=1S/C28H25N3O3/c32-27(20-29-23-14-16-26(17-15-23)34-25-12-5-2-6-13-25)31-24-11-7-10-22(18-24)28(33)30-19-21-8-3-1-4-9-21/h1-18,29H,19-20H2,(H,30,33)(H,31,32). The van der Waals surface area contributed by atoms with Crippen molar-refractivity contribution in [1.29, 1.82) is 0 Å². The fraction of sp³-hybridized carbons (Fsp3) is 0.0714. The second-order valence-electron chi connectivity index (χ2n) is 7.59. The van der Waals surface area contributed by atoms with Gasteiger partial charge in [-0.1, -0.05) is 54.6 Å². The van der Waals surface area contributed by atoms with Crippen molar-refractivity contribution in [2.45, 2.75) is 6.54 Å². The molecule has 0 aliphatic rings. The Bertz CT molecular complexity index is 1230. The second-order valence-corrected chi connectivity index (χ2v) is 7.59. The third kappa shape index (κ3) is 6.71. The maximum Gasteiger partial charge on any atom is 0.251 e. The molecular formula is C28H25N3O3. The van der Waals surface area contributed by atoms with Gasteiger partial charge >= 0.3 is 0 Å². The summed E-state index contributed by atoms with van der Waals surface area (Å²) in [5.74, 6) is 1.06. The number of amides is 2. The molecule has 4 aromatic carbocycles. The Morgan fingerprint density at radius 3 is 2.09 bits per heavy atom. The first-order valence-electron chi connectivity index (χ1n) is 10.9. The van der Waals surface area contributed by atoms with Crippen molar-refractivity contribution in [3.05, 3.63) is 120 Å². The van der Waals surface area contributed by atoms with Gasteiger partial charge in [0, 0.05) is 23.5 Å². The maximum atomic E-state index is 12.5. The highest BCUT2D eigenvalue weighted by Crippen LogP contribution is 2.22. The summed E-state index contributed by atoms with van der Waals surface area (Å²) in [5, 5.41) is 8.79. The predicted molar refractivity (Wildman–Crippen MR) is 134 cm³/mol. The topological polar surface area (TPSA) is 79.5 Å². The van der Waals surface area contributed by atoms with Crippen molar-refractivity contribution < 1.29 is 14.3 Å². The Hall–Kier alpha value is -4.58. The van der Waals surface area contributed by atoms with Gasteiger partial charge in [-0.3, -0.25) is 9.59 Å². The largest absolute Gasteiger partial charge is 0.457 e. The van der Waals surface area contributed by atoms with Gasteiger partial charge < -0.3 is 20.7 Å². The van der Waals surface area contributed by atoms with Gasteiger partial charge in [0.2, 0.25) is 5.91 Å². The molecule has 0 spiro atoms. The first-order valence-corrected chi connectivity index (χ1v) is 10.9. The Labute approximate surface area is 198 Å². The number of carbonyl (C=O) groups is 2. The number of hydrogen-bond donors (Lipinski definition) is 3. The average molecular weight is 452 g/mol. The molecule has 0 saturated carbocycles. The van der Waals surface area contributed by atoms with Crippen LogP contribution in [0.15, 0.2) is 109 Å². The van der Waals surface area contributed by atoms with Gasteiger partial charge in [0.15, 0.2) is 0 Å². The van der Waals surface area contributed by atoms with E-state index in [9.17, 15) is 9.59 Å². The highest BCUT2D eigenvalue weighted by atomic mass is 16.5. The first-order chi connectivity index (χ1) is 16.7. The predicted octanol–water partition coefficient (Wildman–Crippen LogP) is 5.46. The van der Waals surface area contributed by atoms with Gasteiger partial charge in [-0.05, 0) is 60.2 Å². The normalized spacial score (nSPS) is 10.2. The summed E-state index contributed by atoms with van der Waals surface area (Å²) in [4.78, 5) is 24.9. The quantitative estimate of drug-likeness (QED) is 0.316. The van der Waals surface area contributed by atoms with Gasteiger partial charge in [-0.15, -0.1) is 0 Å².